The highest BCUT2D eigenvalue weighted by molar-refractivity contribution is 7.89. The lowest BCUT2D eigenvalue weighted by Gasteiger charge is -2.17. The summed E-state index contributed by atoms with van der Waals surface area (Å²) in [4.78, 5) is 0.0718. The Labute approximate surface area is 119 Å². The van der Waals surface area contributed by atoms with E-state index in [9.17, 15) is 17.2 Å². The van der Waals surface area contributed by atoms with Crippen molar-refractivity contribution in [3.05, 3.63) is 29.6 Å². The number of nitrogens with one attached hydrogen (secondary N) is 1. The molecule has 0 radical (unpaired) electrons. The van der Waals surface area contributed by atoms with Crippen LogP contribution in [0.4, 0.5) is 8.78 Å². The lowest BCUT2D eigenvalue weighted by Crippen LogP contribution is -2.41. The normalized spacial score (nSPS) is 17.8. The van der Waals surface area contributed by atoms with Crippen LogP contribution in [0.15, 0.2) is 34.5 Å². The van der Waals surface area contributed by atoms with E-state index in [0.717, 1.165) is 4.70 Å². The number of halogens is 2. The summed E-state index contributed by atoms with van der Waals surface area (Å²) in [5, 5.41) is 2.36. The van der Waals surface area contributed by atoms with E-state index in [-0.39, 0.29) is 10.8 Å². The average Bonchev–Trinajstić information content (AvgIpc) is 3.11. The largest absolute Gasteiger partial charge is 0.255 e. The molecule has 0 unspecified atom stereocenters. The van der Waals surface area contributed by atoms with Crippen LogP contribution in [0.5, 0.6) is 0 Å². The number of alkyl halides is 2. The Kier molecular flexibility index (Phi) is 3.51. The molecule has 1 N–H and O–H groups in total. The molecular formula is C13H13F2NO2S2. The number of benzene rings is 1. The van der Waals surface area contributed by atoms with E-state index in [2.05, 4.69) is 4.72 Å². The van der Waals surface area contributed by atoms with Gasteiger partial charge in [0.25, 0.3) is 6.43 Å². The molecule has 20 heavy (non-hydrogen) atoms. The zero-order valence-electron chi connectivity index (χ0n) is 10.4. The van der Waals surface area contributed by atoms with Gasteiger partial charge in [0, 0.05) is 10.1 Å². The fraction of sp³-hybridized carbons (Fsp3) is 0.385. The molecule has 1 saturated carbocycles. The molecule has 0 spiro atoms. The van der Waals surface area contributed by atoms with Crippen LogP contribution < -0.4 is 4.72 Å². The van der Waals surface area contributed by atoms with Gasteiger partial charge < -0.3 is 0 Å². The fourth-order valence-electron chi connectivity index (χ4n) is 2.25. The van der Waals surface area contributed by atoms with Gasteiger partial charge in [-0.1, -0.05) is 6.07 Å². The fourth-order valence-corrected chi connectivity index (χ4v) is 4.64. The number of fused-ring (bicyclic) bond motifs is 1. The van der Waals surface area contributed by atoms with E-state index < -0.39 is 22.5 Å². The van der Waals surface area contributed by atoms with E-state index in [1.807, 2.05) is 6.07 Å². The molecule has 108 valence electrons. The van der Waals surface area contributed by atoms with Crippen LogP contribution in [0.25, 0.3) is 10.1 Å². The summed E-state index contributed by atoms with van der Waals surface area (Å²) in [5.41, 5.74) is 0. The third-order valence-electron chi connectivity index (χ3n) is 3.44. The minimum Gasteiger partial charge on any atom is -0.209 e. The quantitative estimate of drug-likeness (QED) is 0.920. The predicted molar refractivity (Wildman–Crippen MR) is 74.7 cm³/mol. The summed E-state index contributed by atoms with van der Waals surface area (Å²) >= 11 is 1.42. The van der Waals surface area contributed by atoms with Crippen molar-refractivity contribution in [2.45, 2.75) is 30.2 Å². The molecule has 3 nitrogen and oxygen atoms in total. The zero-order valence-corrected chi connectivity index (χ0v) is 12.1. The molecule has 0 aliphatic heterocycles. The number of sulfonamides is 1. The Hall–Kier alpha value is -1.05. The molecule has 7 heteroatoms. The van der Waals surface area contributed by atoms with Gasteiger partial charge in [-0.3, -0.25) is 0 Å². The first-order valence-electron chi connectivity index (χ1n) is 6.26. The Morgan fingerprint density at radius 1 is 1.25 bits per heavy atom. The second-order valence-electron chi connectivity index (χ2n) is 4.91. The van der Waals surface area contributed by atoms with Gasteiger partial charge in [-0.2, -0.15) is 0 Å². The maximum Gasteiger partial charge on any atom is 0.255 e. The predicted octanol–water partition coefficient (Wildman–Crippen LogP) is 3.22. The van der Waals surface area contributed by atoms with Gasteiger partial charge in [-0.05, 0) is 42.3 Å². The standard InChI is InChI=1S/C13H13F2NO2S2/c14-13(15)12(8-4-5-8)16-20(17,18)11-3-1-2-10-9(11)6-7-19-10/h1-3,6-8,12-13,16H,4-5H2/t12-/m1/s1. The van der Waals surface area contributed by atoms with E-state index in [0.29, 0.717) is 18.2 Å². The van der Waals surface area contributed by atoms with Gasteiger partial charge in [-0.15, -0.1) is 11.3 Å². The molecule has 3 rings (SSSR count). The Balaban J connectivity index is 1.97. The second-order valence-corrected chi connectivity index (χ2v) is 7.54. The first-order chi connectivity index (χ1) is 9.49. The molecule has 1 heterocycles. The monoisotopic (exact) mass is 317 g/mol. The lowest BCUT2D eigenvalue weighted by molar-refractivity contribution is 0.0989. The first kappa shape index (κ1) is 13.9. The van der Waals surface area contributed by atoms with E-state index in [1.165, 1.54) is 17.4 Å². The molecule has 0 bridgehead atoms. The average molecular weight is 317 g/mol. The Morgan fingerprint density at radius 2 is 2.00 bits per heavy atom. The van der Waals surface area contributed by atoms with Crippen LogP contribution in [-0.2, 0) is 10.0 Å². The molecule has 2 aromatic rings. The van der Waals surface area contributed by atoms with Crippen LogP contribution in [0.2, 0.25) is 0 Å². The van der Waals surface area contributed by atoms with Crippen LogP contribution in [-0.4, -0.2) is 20.9 Å². The van der Waals surface area contributed by atoms with Gasteiger partial charge in [0.05, 0.1) is 10.9 Å². The SMILES string of the molecule is O=S(=O)(N[C@@H](C(F)F)C1CC1)c1cccc2sccc12. The molecule has 1 fully saturated rings. The molecule has 0 amide bonds. The zero-order chi connectivity index (χ0) is 14.3. The van der Waals surface area contributed by atoms with Gasteiger partial charge in [-0.25, -0.2) is 21.9 Å². The van der Waals surface area contributed by atoms with E-state index in [1.54, 1.807) is 17.5 Å². The molecule has 1 atom stereocenters. The summed E-state index contributed by atoms with van der Waals surface area (Å²) in [5.74, 6) is -0.244. The Morgan fingerprint density at radius 3 is 2.65 bits per heavy atom. The van der Waals surface area contributed by atoms with Crippen LogP contribution in [0, 0.1) is 5.92 Å². The maximum atomic E-state index is 13.0. The first-order valence-corrected chi connectivity index (χ1v) is 8.62. The minimum atomic E-state index is -3.93. The third-order valence-corrected chi connectivity index (χ3v) is 5.84. The van der Waals surface area contributed by atoms with Crippen molar-refractivity contribution in [1.82, 2.24) is 4.72 Å². The summed E-state index contributed by atoms with van der Waals surface area (Å²) in [7, 11) is -3.93. The van der Waals surface area contributed by atoms with Crippen LogP contribution in [0.1, 0.15) is 12.8 Å². The van der Waals surface area contributed by atoms with E-state index in [4.69, 9.17) is 0 Å². The van der Waals surface area contributed by atoms with Crippen molar-refractivity contribution < 1.29 is 17.2 Å². The van der Waals surface area contributed by atoms with Gasteiger partial charge in [0.1, 0.15) is 0 Å². The maximum absolute atomic E-state index is 13.0. The highest BCUT2D eigenvalue weighted by Gasteiger charge is 2.40. The van der Waals surface area contributed by atoms with Crippen LogP contribution >= 0.6 is 11.3 Å². The van der Waals surface area contributed by atoms with Crippen molar-refractivity contribution in [3.8, 4) is 0 Å². The highest BCUT2D eigenvalue weighted by Crippen LogP contribution is 2.36. The van der Waals surface area contributed by atoms with Gasteiger partial charge in [0.15, 0.2) is 0 Å². The smallest absolute Gasteiger partial charge is 0.209 e. The molecule has 1 aromatic heterocycles. The van der Waals surface area contributed by atoms with Crippen molar-refractivity contribution in [3.63, 3.8) is 0 Å². The molecular weight excluding hydrogens is 304 g/mol. The Bertz CT molecular complexity index is 721. The van der Waals surface area contributed by atoms with E-state index >= 15 is 0 Å². The van der Waals surface area contributed by atoms with Crippen LogP contribution in [0.3, 0.4) is 0 Å². The summed E-state index contributed by atoms with van der Waals surface area (Å²) < 4.78 is 53.6. The summed E-state index contributed by atoms with van der Waals surface area (Å²) in [6, 6.07) is 5.30. The number of hydrogen-bond donors (Lipinski definition) is 1. The number of thiophene rings is 1. The number of rotatable bonds is 5. The highest BCUT2D eigenvalue weighted by atomic mass is 32.2. The van der Waals surface area contributed by atoms with Crippen molar-refractivity contribution in [2.75, 3.05) is 0 Å². The van der Waals surface area contributed by atoms with Crippen molar-refractivity contribution in [2.24, 2.45) is 5.92 Å². The minimum absolute atomic E-state index is 0.0718. The van der Waals surface area contributed by atoms with Gasteiger partial charge >= 0.3 is 0 Å². The lowest BCUT2D eigenvalue weighted by atomic mass is 10.2. The molecule has 1 aliphatic rings. The second kappa shape index (κ2) is 5.05. The van der Waals surface area contributed by atoms with Gasteiger partial charge in [0.2, 0.25) is 10.0 Å². The summed E-state index contributed by atoms with van der Waals surface area (Å²) in [6.07, 6.45) is -1.38. The topological polar surface area (TPSA) is 46.2 Å². The summed E-state index contributed by atoms with van der Waals surface area (Å²) in [6.45, 7) is 0. The van der Waals surface area contributed by atoms with Crippen molar-refractivity contribution >= 4 is 31.4 Å². The molecule has 1 aromatic carbocycles. The molecule has 0 saturated heterocycles. The third kappa shape index (κ3) is 2.57. The number of hydrogen-bond acceptors (Lipinski definition) is 3. The van der Waals surface area contributed by atoms with Crippen molar-refractivity contribution in [1.29, 1.82) is 0 Å². The molecule has 1 aliphatic carbocycles.